The molecule has 0 spiro atoms. The quantitative estimate of drug-likeness (QED) is 0.688. The molecule has 1 amide bonds. The highest BCUT2D eigenvalue weighted by Gasteiger charge is 2.19. The third-order valence-corrected chi connectivity index (χ3v) is 4.60. The number of benzene rings is 1. The van der Waals surface area contributed by atoms with Crippen molar-refractivity contribution in [3.8, 4) is 5.75 Å². The number of ether oxygens (including phenoxy) is 1. The molecule has 0 atom stereocenters. The van der Waals surface area contributed by atoms with Crippen LogP contribution in [0.15, 0.2) is 35.1 Å². The van der Waals surface area contributed by atoms with Crippen molar-refractivity contribution in [2.45, 2.75) is 6.92 Å². The fourth-order valence-electron chi connectivity index (χ4n) is 2.44. The molecule has 7 heteroatoms. The molecule has 0 saturated carbocycles. The molecule has 0 aliphatic rings. The van der Waals surface area contributed by atoms with E-state index in [1.165, 1.54) is 13.2 Å². The summed E-state index contributed by atoms with van der Waals surface area (Å²) in [4.78, 5) is 27.8. The number of methoxy groups -OCH3 is 1. The number of fused-ring (bicyclic) bond motifs is 1. The van der Waals surface area contributed by atoms with E-state index in [1.807, 2.05) is 6.07 Å². The van der Waals surface area contributed by atoms with Crippen LogP contribution in [-0.4, -0.2) is 18.0 Å². The fourth-order valence-corrected chi connectivity index (χ4v) is 3.52. The van der Waals surface area contributed by atoms with Crippen molar-refractivity contribution in [1.82, 2.24) is 4.98 Å². The molecule has 0 saturated heterocycles. The van der Waals surface area contributed by atoms with Crippen LogP contribution in [0.1, 0.15) is 15.2 Å². The number of thiophene rings is 1. The smallest absolute Gasteiger partial charge is 0.268 e. The highest BCUT2D eigenvalue weighted by atomic mass is 32.1. The Labute approximate surface area is 135 Å². The molecule has 1 aromatic carbocycles. The number of amides is 1. The van der Waals surface area contributed by atoms with Crippen LogP contribution < -0.4 is 21.3 Å². The van der Waals surface area contributed by atoms with Crippen molar-refractivity contribution < 1.29 is 9.53 Å². The number of carbonyl (C=O) groups is 1. The molecule has 23 heavy (non-hydrogen) atoms. The van der Waals surface area contributed by atoms with E-state index in [9.17, 15) is 9.59 Å². The minimum absolute atomic E-state index is 0.215. The molecule has 3 aromatic rings. The van der Waals surface area contributed by atoms with Gasteiger partial charge in [0.05, 0.1) is 18.5 Å². The van der Waals surface area contributed by atoms with Gasteiger partial charge in [-0.2, -0.15) is 0 Å². The van der Waals surface area contributed by atoms with Gasteiger partial charge in [-0.25, -0.2) is 0 Å². The van der Waals surface area contributed by atoms with E-state index >= 15 is 0 Å². The zero-order chi connectivity index (χ0) is 16.6. The number of hydrogen-bond acceptors (Lipinski definition) is 5. The molecule has 118 valence electrons. The molecule has 2 aromatic heterocycles. The number of aromatic amines is 1. The maximum atomic E-state index is 12.5. The minimum atomic E-state index is -0.339. The first-order chi connectivity index (χ1) is 11.0. The van der Waals surface area contributed by atoms with Gasteiger partial charge in [0.25, 0.3) is 5.91 Å². The van der Waals surface area contributed by atoms with E-state index in [4.69, 9.17) is 10.5 Å². The summed E-state index contributed by atoms with van der Waals surface area (Å²) in [7, 11) is 1.53. The third kappa shape index (κ3) is 2.66. The number of anilines is 2. The SMILES string of the molecule is COc1ccccc1NC(=O)c1sc2[nH]c(=O)cc(C)c2c1N. The Hall–Kier alpha value is -2.80. The van der Waals surface area contributed by atoms with Crippen molar-refractivity contribution >= 4 is 38.8 Å². The fraction of sp³-hybridized carbons (Fsp3) is 0.125. The van der Waals surface area contributed by atoms with E-state index < -0.39 is 0 Å². The molecular formula is C16H15N3O3S. The summed E-state index contributed by atoms with van der Waals surface area (Å²) in [5, 5.41) is 3.50. The summed E-state index contributed by atoms with van der Waals surface area (Å²) < 4.78 is 5.22. The predicted octanol–water partition coefficient (Wildman–Crippen LogP) is 2.74. The number of rotatable bonds is 3. The molecule has 3 rings (SSSR count). The monoisotopic (exact) mass is 329 g/mol. The first kappa shape index (κ1) is 15.1. The number of para-hydroxylation sites is 2. The molecule has 0 aliphatic carbocycles. The zero-order valence-electron chi connectivity index (χ0n) is 12.6. The van der Waals surface area contributed by atoms with Gasteiger partial charge in [0.1, 0.15) is 15.5 Å². The predicted molar refractivity (Wildman–Crippen MR) is 92.5 cm³/mol. The Balaban J connectivity index is 2.03. The van der Waals surface area contributed by atoms with Crippen LogP contribution in [0.3, 0.4) is 0 Å². The summed E-state index contributed by atoms with van der Waals surface area (Å²) in [6.45, 7) is 1.79. The van der Waals surface area contributed by atoms with Crippen molar-refractivity contribution in [3.05, 3.63) is 51.1 Å². The summed E-state index contributed by atoms with van der Waals surface area (Å²) in [6, 6.07) is 8.58. The van der Waals surface area contributed by atoms with Gasteiger partial charge >= 0.3 is 0 Å². The van der Waals surface area contributed by atoms with Crippen LogP contribution in [0.2, 0.25) is 0 Å². The van der Waals surface area contributed by atoms with Crippen LogP contribution in [0.4, 0.5) is 11.4 Å². The highest BCUT2D eigenvalue weighted by molar-refractivity contribution is 7.21. The number of nitrogens with one attached hydrogen (secondary N) is 2. The van der Waals surface area contributed by atoms with Gasteiger partial charge in [0, 0.05) is 11.5 Å². The number of aromatic nitrogens is 1. The maximum absolute atomic E-state index is 12.5. The standard InChI is InChI=1S/C16H15N3O3S/c1-8-7-11(20)19-16-12(8)13(17)14(23-16)15(21)18-9-5-3-4-6-10(9)22-2/h3-7H,17H2,1-2H3,(H,18,21)(H,19,20). The van der Waals surface area contributed by atoms with Crippen molar-refractivity contribution in [3.63, 3.8) is 0 Å². The third-order valence-electron chi connectivity index (χ3n) is 3.49. The first-order valence-corrected chi connectivity index (χ1v) is 7.69. The van der Waals surface area contributed by atoms with Crippen LogP contribution in [0.5, 0.6) is 5.75 Å². The van der Waals surface area contributed by atoms with E-state index in [1.54, 1.807) is 25.1 Å². The molecule has 0 unspecified atom stereocenters. The average Bonchev–Trinajstić information content (AvgIpc) is 2.84. The Morgan fingerprint density at radius 1 is 1.35 bits per heavy atom. The van der Waals surface area contributed by atoms with Gasteiger partial charge in [-0.15, -0.1) is 11.3 Å². The maximum Gasteiger partial charge on any atom is 0.268 e. The molecule has 4 N–H and O–H groups in total. The summed E-state index contributed by atoms with van der Waals surface area (Å²) in [5.41, 5.74) is 7.57. The summed E-state index contributed by atoms with van der Waals surface area (Å²) >= 11 is 1.16. The largest absolute Gasteiger partial charge is 0.495 e. The number of nitrogen functional groups attached to an aromatic ring is 1. The Morgan fingerprint density at radius 3 is 2.83 bits per heavy atom. The zero-order valence-corrected chi connectivity index (χ0v) is 13.4. The number of carbonyl (C=O) groups excluding carboxylic acids is 1. The van der Waals surface area contributed by atoms with E-state index in [0.717, 1.165) is 16.9 Å². The van der Waals surface area contributed by atoms with Gasteiger partial charge in [-0.3, -0.25) is 9.59 Å². The second-order valence-electron chi connectivity index (χ2n) is 5.02. The van der Waals surface area contributed by atoms with E-state index in [-0.39, 0.29) is 11.5 Å². The van der Waals surface area contributed by atoms with E-state index in [0.29, 0.717) is 32.2 Å². The van der Waals surface area contributed by atoms with E-state index in [2.05, 4.69) is 10.3 Å². The molecule has 0 bridgehead atoms. The molecule has 0 radical (unpaired) electrons. The Kier molecular flexibility index (Phi) is 3.79. The van der Waals surface area contributed by atoms with Crippen LogP contribution in [0.25, 0.3) is 10.2 Å². The van der Waals surface area contributed by atoms with Crippen LogP contribution in [-0.2, 0) is 0 Å². The minimum Gasteiger partial charge on any atom is -0.495 e. The van der Waals surface area contributed by atoms with Gasteiger partial charge in [0.15, 0.2) is 0 Å². The normalized spacial score (nSPS) is 10.7. The molecule has 2 heterocycles. The lowest BCUT2D eigenvalue weighted by Crippen LogP contribution is -2.12. The lowest BCUT2D eigenvalue weighted by atomic mass is 10.1. The number of pyridine rings is 1. The topological polar surface area (TPSA) is 97.2 Å². The van der Waals surface area contributed by atoms with Crippen molar-refractivity contribution in [2.75, 3.05) is 18.2 Å². The number of aryl methyl sites for hydroxylation is 1. The lowest BCUT2D eigenvalue weighted by Gasteiger charge is -2.09. The van der Waals surface area contributed by atoms with Gasteiger partial charge in [-0.1, -0.05) is 12.1 Å². The second-order valence-corrected chi connectivity index (χ2v) is 6.04. The number of hydrogen-bond donors (Lipinski definition) is 3. The molecule has 0 aliphatic heterocycles. The average molecular weight is 329 g/mol. The lowest BCUT2D eigenvalue weighted by molar-refractivity contribution is 0.103. The molecular weight excluding hydrogens is 314 g/mol. The second kappa shape index (κ2) is 5.77. The van der Waals surface area contributed by atoms with Gasteiger partial charge < -0.3 is 20.8 Å². The van der Waals surface area contributed by atoms with Gasteiger partial charge in [-0.05, 0) is 24.6 Å². The van der Waals surface area contributed by atoms with Crippen molar-refractivity contribution in [2.24, 2.45) is 0 Å². The number of H-pyrrole nitrogens is 1. The van der Waals surface area contributed by atoms with Crippen molar-refractivity contribution in [1.29, 1.82) is 0 Å². The Morgan fingerprint density at radius 2 is 2.09 bits per heavy atom. The molecule has 0 fully saturated rings. The summed E-state index contributed by atoms with van der Waals surface area (Å²) in [5.74, 6) is 0.221. The highest BCUT2D eigenvalue weighted by Crippen LogP contribution is 2.34. The molecule has 6 nitrogen and oxygen atoms in total. The first-order valence-electron chi connectivity index (χ1n) is 6.87. The number of nitrogens with two attached hydrogens (primary N) is 1. The Bertz CT molecular complexity index is 959. The van der Waals surface area contributed by atoms with Crippen LogP contribution >= 0.6 is 11.3 Å². The van der Waals surface area contributed by atoms with Gasteiger partial charge in [0.2, 0.25) is 5.56 Å². The van der Waals surface area contributed by atoms with Crippen LogP contribution in [0, 0.1) is 6.92 Å². The summed E-state index contributed by atoms with van der Waals surface area (Å²) in [6.07, 6.45) is 0.